The first-order chi connectivity index (χ1) is 20.7. The average molecular weight is 577 g/mol. The first-order valence-corrected chi connectivity index (χ1v) is 16.0. The largest absolute Gasteiger partial charge is 0.309 e. The zero-order valence-corrected chi connectivity index (χ0v) is 27.7. The van der Waals surface area contributed by atoms with Crippen LogP contribution < -0.4 is 0 Å². The maximum Gasteiger partial charge on any atom is 0.0544 e. The number of nitrogens with zero attached hydrogens (tertiary/aromatic N) is 2. The average Bonchev–Trinajstić information content (AvgIpc) is 3.48. The van der Waals surface area contributed by atoms with E-state index in [1.807, 2.05) is 0 Å². The molecule has 0 aliphatic rings. The fourth-order valence-electron chi connectivity index (χ4n) is 6.72. The molecule has 7 rings (SSSR count). The maximum absolute atomic E-state index is 2.49. The minimum absolute atomic E-state index is 0.0323. The van der Waals surface area contributed by atoms with Gasteiger partial charge in [0.1, 0.15) is 0 Å². The molecule has 0 atom stereocenters. The quantitative estimate of drug-likeness (QED) is 0.194. The van der Waals surface area contributed by atoms with Crippen LogP contribution in [0.1, 0.15) is 79.0 Å². The molecule has 0 fully saturated rings. The van der Waals surface area contributed by atoms with Gasteiger partial charge in [0.2, 0.25) is 0 Å². The van der Waals surface area contributed by atoms with E-state index < -0.39 is 0 Å². The molecular formula is C42H44N2. The predicted molar refractivity (Wildman–Crippen MR) is 191 cm³/mol. The van der Waals surface area contributed by atoms with Crippen LogP contribution in [0.2, 0.25) is 0 Å². The molecule has 0 saturated heterocycles. The highest BCUT2D eigenvalue weighted by atomic mass is 15.0. The number of aromatic nitrogens is 2. The van der Waals surface area contributed by atoms with E-state index in [-0.39, 0.29) is 16.2 Å². The smallest absolute Gasteiger partial charge is 0.0544 e. The van der Waals surface area contributed by atoms with Crippen LogP contribution >= 0.6 is 0 Å². The predicted octanol–water partition coefficient (Wildman–Crippen LogP) is 11.8. The molecule has 2 heteroatoms. The normalized spacial score (nSPS) is 13.1. The van der Waals surface area contributed by atoms with Crippen LogP contribution in [-0.2, 0) is 16.2 Å². The summed E-state index contributed by atoms with van der Waals surface area (Å²) < 4.78 is 4.99. The lowest BCUT2D eigenvalue weighted by atomic mass is 9.86. The van der Waals surface area contributed by atoms with Crippen LogP contribution in [0, 0.1) is 0 Å². The Balaban J connectivity index is 1.61. The van der Waals surface area contributed by atoms with Gasteiger partial charge < -0.3 is 9.13 Å². The molecule has 0 aliphatic heterocycles. The van der Waals surface area contributed by atoms with Crippen molar-refractivity contribution in [3.05, 3.63) is 120 Å². The molecule has 0 unspecified atom stereocenters. The van der Waals surface area contributed by atoms with E-state index in [4.69, 9.17) is 0 Å². The number of hydrogen-bond acceptors (Lipinski definition) is 0. The number of rotatable bonds is 2. The second-order valence-electron chi connectivity index (χ2n) is 15.7. The van der Waals surface area contributed by atoms with Crippen LogP contribution in [0.25, 0.3) is 55.0 Å². The van der Waals surface area contributed by atoms with Gasteiger partial charge in [-0.2, -0.15) is 0 Å². The van der Waals surface area contributed by atoms with E-state index in [0.717, 1.165) is 0 Å². The molecule has 0 saturated carbocycles. The van der Waals surface area contributed by atoms with E-state index in [2.05, 4.69) is 175 Å². The lowest BCUT2D eigenvalue weighted by molar-refractivity contribution is 0.589. The van der Waals surface area contributed by atoms with Crippen LogP contribution in [0.4, 0.5) is 0 Å². The van der Waals surface area contributed by atoms with Crippen molar-refractivity contribution >= 4 is 43.6 Å². The highest BCUT2D eigenvalue weighted by molar-refractivity contribution is 6.10. The Morgan fingerprint density at radius 1 is 0.341 bits per heavy atom. The third-order valence-corrected chi connectivity index (χ3v) is 9.36. The van der Waals surface area contributed by atoms with E-state index in [1.165, 1.54) is 71.7 Å². The molecule has 5 aromatic carbocycles. The zero-order chi connectivity index (χ0) is 31.2. The van der Waals surface area contributed by atoms with Gasteiger partial charge in [0.15, 0.2) is 0 Å². The van der Waals surface area contributed by atoms with Crippen molar-refractivity contribution in [1.29, 1.82) is 0 Å². The Morgan fingerprint density at radius 2 is 0.705 bits per heavy atom. The van der Waals surface area contributed by atoms with Gasteiger partial charge in [-0.25, -0.2) is 0 Å². The van der Waals surface area contributed by atoms with Crippen molar-refractivity contribution in [2.24, 2.45) is 0 Å². The molecule has 2 heterocycles. The van der Waals surface area contributed by atoms with E-state index in [1.54, 1.807) is 0 Å². The molecule has 2 nitrogen and oxygen atoms in total. The molecule has 0 radical (unpaired) electrons. The molecule has 0 spiro atoms. The van der Waals surface area contributed by atoms with Crippen LogP contribution in [0.15, 0.2) is 103 Å². The number of para-hydroxylation sites is 2. The number of benzene rings is 5. The second kappa shape index (κ2) is 9.60. The fraction of sp³-hybridized carbons (Fsp3) is 0.286. The minimum Gasteiger partial charge on any atom is -0.309 e. The molecule has 2 aromatic heterocycles. The third-order valence-electron chi connectivity index (χ3n) is 9.36. The first kappa shape index (κ1) is 28.5. The Hall–Kier alpha value is -4.30. The van der Waals surface area contributed by atoms with Gasteiger partial charge in [-0.15, -0.1) is 0 Å². The minimum atomic E-state index is -0.0323. The van der Waals surface area contributed by atoms with Crippen molar-refractivity contribution in [3.63, 3.8) is 0 Å². The van der Waals surface area contributed by atoms with Gasteiger partial charge in [-0.3, -0.25) is 0 Å². The molecule has 0 aliphatic carbocycles. The molecular weight excluding hydrogens is 532 g/mol. The van der Waals surface area contributed by atoms with E-state index in [9.17, 15) is 0 Å². The van der Waals surface area contributed by atoms with Crippen molar-refractivity contribution < 1.29 is 0 Å². The summed E-state index contributed by atoms with van der Waals surface area (Å²) in [6.45, 7) is 20.8. The third kappa shape index (κ3) is 4.54. The number of hydrogen-bond donors (Lipinski definition) is 0. The highest BCUT2D eigenvalue weighted by Gasteiger charge is 2.23. The summed E-state index contributed by atoms with van der Waals surface area (Å²) in [4.78, 5) is 0. The zero-order valence-electron chi connectivity index (χ0n) is 27.7. The topological polar surface area (TPSA) is 9.86 Å². The van der Waals surface area contributed by atoms with Crippen molar-refractivity contribution in [1.82, 2.24) is 9.13 Å². The standard InChI is InChI=1S/C42H44N2/c1-40(2,3)27-18-20-34-32-14-10-12-16-36(32)43(38(34)24-27)30-22-29(42(7,8)9)23-31(26-30)44-37-17-13-11-15-33(37)35-21-19-28(25-39(35)44)41(4,5)6/h10-26H,1-9H3. The summed E-state index contributed by atoms with van der Waals surface area (Å²) >= 11 is 0. The van der Waals surface area contributed by atoms with E-state index in [0.29, 0.717) is 0 Å². The van der Waals surface area contributed by atoms with E-state index >= 15 is 0 Å². The van der Waals surface area contributed by atoms with Gasteiger partial charge in [0.05, 0.1) is 22.1 Å². The Kier molecular flexibility index (Phi) is 6.21. The second-order valence-corrected chi connectivity index (χ2v) is 15.7. The Bertz CT molecular complexity index is 2070. The van der Waals surface area contributed by atoms with Gasteiger partial charge in [-0.05, 0) is 75.4 Å². The molecule has 0 amide bonds. The van der Waals surface area contributed by atoms with Gasteiger partial charge in [0.25, 0.3) is 0 Å². The summed E-state index contributed by atoms with van der Waals surface area (Å²) in [5.74, 6) is 0. The molecule has 7 aromatic rings. The van der Waals surface area contributed by atoms with Gasteiger partial charge in [0, 0.05) is 32.9 Å². The van der Waals surface area contributed by atoms with Crippen molar-refractivity contribution in [2.75, 3.05) is 0 Å². The summed E-state index contributed by atoms with van der Waals surface area (Å²) in [6, 6.07) is 39.0. The molecule has 0 bridgehead atoms. The molecule has 222 valence electrons. The summed E-state index contributed by atoms with van der Waals surface area (Å²) in [7, 11) is 0. The lowest BCUT2D eigenvalue weighted by Crippen LogP contribution is -2.14. The van der Waals surface area contributed by atoms with Gasteiger partial charge >= 0.3 is 0 Å². The summed E-state index contributed by atoms with van der Waals surface area (Å²) in [6.07, 6.45) is 0. The van der Waals surface area contributed by atoms with Crippen LogP contribution in [0.3, 0.4) is 0 Å². The maximum atomic E-state index is 2.49. The fourth-order valence-corrected chi connectivity index (χ4v) is 6.72. The van der Waals surface area contributed by atoms with Crippen molar-refractivity contribution in [3.8, 4) is 11.4 Å². The van der Waals surface area contributed by atoms with Crippen LogP contribution in [-0.4, -0.2) is 9.13 Å². The first-order valence-electron chi connectivity index (χ1n) is 16.0. The van der Waals surface area contributed by atoms with Gasteiger partial charge in [-0.1, -0.05) is 123 Å². The Labute approximate surface area is 261 Å². The lowest BCUT2D eigenvalue weighted by Gasteiger charge is -2.24. The number of fused-ring (bicyclic) bond motifs is 6. The Morgan fingerprint density at radius 3 is 1.09 bits per heavy atom. The van der Waals surface area contributed by atoms with Crippen molar-refractivity contribution in [2.45, 2.75) is 78.6 Å². The molecule has 0 N–H and O–H groups in total. The SMILES string of the molecule is CC(C)(C)c1cc(-n2c3ccccc3c3ccc(C(C)(C)C)cc32)cc(-n2c3ccccc3c3ccc(C(C)(C)C)cc32)c1. The molecule has 44 heavy (non-hydrogen) atoms. The summed E-state index contributed by atoms with van der Waals surface area (Å²) in [5.41, 5.74) is 11.5. The van der Waals surface area contributed by atoms with Crippen LogP contribution in [0.5, 0.6) is 0 Å². The monoisotopic (exact) mass is 576 g/mol. The summed E-state index contributed by atoms with van der Waals surface area (Å²) in [5, 5.41) is 5.17. The highest BCUT2D eigenvalue weighted by Crippen LogP contribution is 2.40.